The number of carbonyl (C=O) groups excluding carboxylic acids is 2. The number of benzene rings is 1. The third-order valence-corrected chi connectivity index (χ3v) is 9.12. The number of unbranched alkanes of at least 4 members (excludes halogenated alkanes) is 13. The molecule has 0 saturated carbocycles. The number of nitro benzene ring substituents is 1. The lowest BCUT2D eigenvalue weighted by molar-refractivity contribution is -0.383. The van der Waals surface area contributed by atoms with Gasteiger partial charge in [0.15, 0.2) is 11.6 Å². The molecule has 1 heterocycles. The molecule has 0 amide bonds. The number of nitrogens with two attached hydrogens (primary N) is 1. The summed E-state index contributed by atoms with van der Waals surface area (Å²) >= 11 is 0. The predicted octanol–water partition coefficient (Wildman–Crippen LogP) is 7.69. The van der Waals surface area contributed by atoms with Crippen LogP contribution in [-0.2, 0) is 32.7 Å². The molecule has 0 bridgehead atoms. The third-order valence-electron chi connectivity index (χ3n) is 8.13. The van der Waals surface area contributed by atoms with E-state index in [4.69, 9.17) is 24.3 Å². The van der Waals surface area contributed by atoms with E-state index < -0.39 is 37.4 Å². The summed E-state index contributed by atoms with van der Waals surface area (Å²) in [5.41, 5.74) is 5.94. The molecular formula is C35H58N5O11P. The number of carbonyl (C=O) groups is 2. The fraction of sp³-hybridized carbons (Fsp3) is 0.714. The number of allylic oxidation sites excluding steroid dienone is 2. The Morgan fingerprint density at radius 2 is 1.52 bits per heavy atom. The van der Waals surface area contributed by atoms with Crippen molar-refractivity contribution in [2.45, 2.75) is 129 Å². The van der Waals surface area contributed by atoms with Crippen molar-refractivity contribution in [2.24, 2.45) is 5.73 Å². The van der Waals surface area contributed by atoms with Gasteiger partial charge in [0.05, 0.1) is 23.8 Å². The van der Waals surface area contributed by atoms with Gasteiger partial charge < -0.3 is 25.4 Å². The van der Waals surface area contributed by atoms with E-state index in [2.05, 4.69) is 39.3 Å². The highest BCUT2D eigenvalue weighted by molar-refractivity contribution is 7.47. The molecule has 0 aliphatic heterocycles. The maximum Gasteiger partial charge on any atom is 0.472 e. The molecule has 2 rings (SSSR count). The Bertz CT molecular complexity index is 1390. The number of anilines is 1. The van der Waals surface area contributed by atoms with Gasteiger partial charge in [-0.1, -0.05) is 76.9 Å². The summed E-state index contributed by atoms with van der Waals surface area (Å²) in [7, 11) is -4.45. The minimum absolute atomic E-state index is 0.00541. The van der Waals surface area contributed by atoms with Gasteiger partial charge in [-0.3, -0.25) is 28.8 Å². The van der Waals surface area contributed by atoms with Crippen LogP contribution in [0.5, 0.6) is 0 Å². The number of phosphoric acid groups is 1. The molecule has 0 aliphatic carbocycles. The van der Waals surface area contributed by atoms with Crippen molar-refractivity contribution in [1.29, 1.82) is 0 Å². The summed E-state index contributed by atoms with van der Waals surface area (Å²) in [6.07, 6.45) is 20.4. The standard InChI is InChI=1S/C35H58N5O11P/c1-2-3-4-5-6-7-8-9-10-11-12-13-14-15-17-20-32(41)47-27-29(28-49-52(45,46)48-26-24-36)50-33(42)21-18-16-19-25-37-30-22-23-31(40(43)44)35-34(30)38-51-39-35/h9-10,22-23,29,37H,2-8,11-21,24-28,36H2,1H3,(H,45,46)/t29-/m1/s1. The zero-order chi connectivity index (χ0) is 37.9. The average molecular weight is 756 g/mol. The molecular weight excluding hydrogens is 697 g/mol. The van der Waals surface area contributed by atoms with Crippen LogP contribution >= 0.6 is 7.82 Å². The lowest BCUT2D eigenvalue weighted by Gasteiger charge is -2.20. The largest absolute Gasteiger partial charge is 0.472 e. The number of nitrogens with zero attached hydrogens (tertiary/aromatic N) is 3. The first-order valence-electron chi connectivity index (χ1n) is 18.6. The molecule has 1 aromatic carbocycles. The molecule has 0 fully saturated rings. The molecule has 17 heteroatoms. The fourth-order valence-electron chi connectivity index (χ4n) is 5.28. The summed E-state index contributed by atoms with van der Waals surface area (Å²) < 4.78 is 37.2. The molecule has 1 aromatic heterocycles. The molecule has 4 N–H and O–H groups in total. The van der Waals surface area contributed by atoms with E-state index in [1.54, 1.807) is 0 Å². The molecule has 2 atom stereocenters. The lowest BCUT2D eigenvalue weighted by atomic mass is 10.1. The smallest absolute Gasteiger partial charge is 0.462 e. The van der Waals surface area contributed by atoms with Crippen LogP contribution in [0, 0.1) is 10.1 Å². The Balaban J connectivity index is 1.65. The number of ether oxygens (including phenoxy) is 2. The van der Waals surface area contributed by atoms with Gasteiger partial charge in [0.1, 0.15) is 6.61 Å². The van der Waals surface area contributed by atoms with Gasteiger partial charge in [-0.25, -0.2) is 9.19 Å². The van der Waals surface area contributed by atoms with E-state index in [0.717, 1.165) is 38.5 Å². The zero-order valence-corrected chi connectivity index (χ0v) is 31.4. The topological polar surface area (TPSA) is 228 Å². The summed E-state index contributed by atoms with van der Waals surface area (Å²) in [6.45, 7) is 1.67. The molecule has 52 heavy (non-hydrogen) atoms. The zero-order valence-electron chi connectivity index (χ0n) is 30.5. The molecule has 0 aliphatic rings. The van der Waals surface area contributed by atoms with Crippen LogP contribution in [0.4, 0.5) is 11.4 Å². The molecule has 16 nitrogen and oxygen atoms in total. The van der Waals surface area contributed by atoms with Crippen LogP contribution in [-0.4, -0.2) is 71.1 Å². The van der Waals surface area contributed by atoms with Crippen LogP contribution in [0.3, 0.4) is 0 Å². The maximum atomic E-state index is 12.6. The Morgan fingerprint density at radius 3 is 2.19 bits per heavy atom. The summed E-state index contributed by atoms with van der Waals surface area (Å²) in [4.78, 5) is 45.4. The van der Waals surface area contributed by atoms with E-state index in [0.29, 0.717) is 37.9 Å². The number of fused-ring (bicyclic) bond motifs is 1. The number of hydrogen-bond acceptors (Lipinski definition) is 14. The fourth-order valence-corrected chi connectivity index (χ4v) is 6.04. The first-order chi connectivity index (χ1) is 25.2. The van der Waals surface area contributed by atoms with Crippen LogP contribution in [0.1, 0.15) is 122 Å². The van der Waals surface area contributed by atoms with E-state index in [1.165, 1.54) is 50.7 Å². The maximum absolute atomic E-state index is 12.6. The SMILES string of the molecule is CCCCCCCCC=CCCCCCCCC(=O)OC[C@H](COP(=O)(O)OCCN)OC(=O)CCCCCNc1ccc([N+](=O)[O-])c2nonc12. The summed E-state index contributed by atoms with van der Waals surface area (Å²) in [5, 5.41) is 21.6. The monoisotopic (exact) mass is 755 g/mol. The van der Waals surface area contributed by atoms with Crippen LogP contribution in [0.15, 0.2) is 28.9 Å². The Morgan fingerprint density at radius 1 is 0.904 bits per heavy atom. The van der Waals surface area contributed by atoms with Gasteiger partial charge in [0, 0.05) is 32.0 Å². The number of aromatic nitrogens is 2. The van der Waals surface area contributed by atoms with Crippen LogP contribution in [0.25, 0.3) is 11.0 Å². The molecule has 0 spiro atoms. The van der Waals surface area contributed by atoms with Crippen molar-refractivity contribution in [2.75, 3.05) is 38.2 Å². The quantitative estimate of drug-likeness (QED) is 0.0162. The Labute approximate surface area is 306 Å². The number of esters is 2. The van der Waals surface area contributed by atoms with Gasteiger partial charge in [0.25, 0.3) is 0 Å². The van der Waals surface area contributed by atoms with Gasteiger partial charge in [0.2, 0.25) is 5.52 Å². The second-order valence-corrected chi connectivity index (χ2v) is 14.1. The lowest BCUT2D eigenvalue weighted by Crippen LogP contribution is -2.29. The Hall–Kier alpha value is -3.43. The van der Waals surface area contributed by atoms with Crippen molar-refractivity contribution in [3.63, 3.8) is 0 Å². The molecule has 0 radical (unpaired) electrons. The van der Waals surface area contributed by atoms with Crippen LogP contribution in [0.2, 0.25) is 0 Å². The van der Waals surface area contributed by atoms with Gasteiger partial charge >= 0.3 is 25.4 Å². The molecule has 0 saturated heterocycles. The number of non-ortho nitro benzene ring substituents is 1. The average Bonchev–Trinajstić information content (AvgIpc) is 3.62. The van der Waals surface area contributed by atoms with E-state index in [9.17, 15) is 29.2 Å². The van der Waals surface area contributed by atoms with Crippen molar-refractivity contribution in [1.82, 2.24) is 10.3 Å². The predicted molar refractivity (Wildman–Crippen MR) is 196 cm³/mol. The first-order valence-corrected chi connectivity index (χ1v) is 20.1. The van der Waals surface area contributed by atoms with E-state index in [1.807, 2.05) is 0 Å². The van der Waals surface area contributed by atoms with Crippen molar-refractivity contribution in [3.05, 3.63) is 34.4 Å². The number of hydrogen-bond donors (Lipinski definition) is 3. The number of rotatable bonds is 32. The highest BCUT2D eigenvalue weighted by atomic mass is 31.2. The first kappa shape index (κ1) is 44.7. The normalized spacial score (nSPS) is 13.3. The van der Waals surface area contributed by atoms with Crippen molar-refractivity contribution < 1.29 is 47.1 Å². The molecule has 2 aromatic rings. The highest BCUT2D eigenvalue weighted by Crippen LogP contribution is 2.43. The van der Waals surface area contributed by atoms with Crippen LogP contribution < -0.4 is 11.1 Å². The van der Waals surface area contributed by atoms with Crippen molar-refractivity contribution in [3.8, 4) is 0 Å². The number of phosphoric ester groups is 1. The molecule has 1 unspecified atom stereocenters. The van der Waals surface area contributed by atoms with Gasteiger partial charge in [-0.2, -0.15) is 0 Å². The molecule has 294 valence electrons. The Kier molecular flexibility index (Phi) is 23.4. The second-order valence-electron chi connectivity index (χ2n) is 12.6. The van der Waals surface area contributed by atoms with Gasteiger partial charge in [-0.15, -0.1) is 0 Å². The highest BCUT2D eigenvalue weighted by Gasteiger charge is 2.26. The van der Waals surface area contributed by atoms with E-state index in [-0.39, 0.29) is 49.3 Å². The van der Waals surface area contributed by atoms with E-state index >= 15 is 0 Å². The number of nitrogens with one attached hydrogen (secondary N) is 1. The summed E-state index contributed by atoms with van der Waals surface area (Å²) in [6, 6.07) is 2.85. The van der Waals surface area contributed by atoms with Gasteiger partial charge in [-0.05, 0) is 61.3 Å². The van der Waals surface area contributed by atoms with Crippen molar-refractivity contribution >= 4 is 42.2 Å². The minimum Gasteiger partial charge on any atom is -0.462 e. The summed E-state index contributed by atoms with van der Waals surface area (Å²) in [5.74, 6) is -1.04. The second kappa shape index (κ2) is 27.2. The minimum atomic E-state index is -4.45. The number of nitro groups is 1. The third kappa shape index (κ3) is 20.0.